The molecule has 1 fully saturated rings. The fraction of sp³-hybridized carbons (Fsp3) is 0.600. The summed E-state index contributed by atoms with van der Waals surface area (Å²) in [7, 11) is 0. The van der Waals surface area contributed by atoms with Gasteiger partial charge in [-0.3, -0.25) is 14.5 Å². The Kier molecular flexibility index (Phi) is 7.91. The number of likely N-dealkylation sites (tertiary alicyclic amines) is 1. The van der Waals surface area contributed by atoms with Crippen molar-refractivity contribution in [1.82, 2.24) is 9.80 Å². The van der Waals surface area contributed by atoms with Gasteiger partial charge in [-0.15, -0.1) is 0 Å². The molecule has 1 aliphatic heterocycles. The van der Waals surface area contributed by atoms with E-state index < -0.39 is 5.97 Å². The summed E-state index contributed by atoms with van der Waals surface area (Å²) in [5.41, 5.74) is 1.27. The highest BCUT2D eigenvalue weighted by Gasteiger charge is 2.25. The van der Waals surface area contributed by atoms with E-state index in [-0.39, 0.29) is 18.5 Å². The highest BCUT2D eigenvalue weighted by Crippen LogP contribution is 2.18. The van der Waals surface area contributed by atoms with Gasteiger partial charge in [-0.1, -0.05) is 19.1 Å². The summed E-state index contributed by atoms with van der Waals surface area (Å²) in [5, 5.41) is 9.03. The normalized spacial score (nSPS) is 18.2. The molecule has 6 nitrogen and oxygen atoms in total. The molecular weight excluding hydrogens is 332 g/mol. The fourth-order valence-electron chi connectivity index (χ4n) is 3.46. The van der Waals surface area contributed by atoms with Crippen LogP contribution in [0.2, 0.25) is 0 Å². The zero-order valence-electron chi connectivity index (χ0n) is 15.8. The number of carboxylic acids is 1. The van der Waals surface area contributed by atoms with E-state index in [1.54, 1.807) is 0 Å². The molecule has 0 bridgehead atoms. The molecule has 1 saturated heterocycles. The van der Waals surface area contributed by atoms with Gasteiger partial charge in [0.1, 0.15) is 18.9 Å². The number of carbonyl (C=O) groups excluding carboxylic acids is 1. The summed E-state index contributed by atoms with van der Waals surface area (Å²) < 4.78 is 5.87. The second kappa shape index (κ2) is 10.2. The lowest BCUT2D eigenvalue weighted by atomic mass is 10.1. The molecule has 26 heavy (non-hydrogen) atoms. The van der Waals surface area contributed by atoms with Gasteiger partial charge in [0, 0.05) is 26.1 Å². The molecule has 1 aromatic carbocycles. The minimum atomic E-state index is -0.955. The van der Waals surface area contributed by atoms with E-state index in [2.05, 4.69) is 24.0 Å². The van der Waals surface area contributed by atoms with Gasteiger partial charge in [-0.2, -0.15) is 0 Å². The molecule has 2 rings (SSSR count). The molecule has 0 unspecified atom stereocenters. The van der Waals surface area contributed by atoms with Crippen molar-refractivity contribution in [3.8, 4) is 5.75 Å². The molecular formula is C20H30N2O4. The predicted octanol–water partition coefficient (Wildman–Crippen LogP) is 2.42. The molecule has 0 aliphatic carbocycles. The number of hydrogen-bond donors (Lipinski definition) is 1. The van der Waals surface area contributed by atoms with Gasteiger partial charge in [0.15, 0.2) is 0 Å². The van der Waals surface area contributed by atoms with E-state index in [9.17, 15) is 9.59 Å². The Morgan fingerprint density at radius 2 is 2.12 bits per heavy atom. The average Bonchev–Trinajstić information content (AvgIpc) is 2.85. The van der Waals surface area contributed by atoms with Crippen molar-refractivity contribution in [1.29, 1.82) is 0 Å². The smallest absolute Gasteiger partial charge is 0.323 e. The zero-order valence-corrected chi connectivity index (χ0v) is 15.8. The number of rotatable bonds is 8. The van der Waals surface area contributed by atoms with E-state index in [0.29, 0.717) is 6.61 Å². The number of hydrogen-bond acceptors (Lipinski definition) is 4. The predicted molar refractivity (Wildman–Crippen MR) is 100 cm³/mol. The van der Waals surface area contributed by atoms with Crippen LogP contribution in [0.1, 0.15) is 38.7 Å². The highest BCUT2D eigenvalue weighted by atomic mass is 16.5. The first kappa shape index (κ1) is 20.2. The van der Waals surface area contributed by atoms with E-state index in [4.69, 9.17) is 9.84 Å². The van der Waals surface area contributed by atoms with Crippen molar-refractivity contribution >= 4 is 11.9 Å². The topological polar surface area (TPSA) is 70.1 Å². The van der Waals surface area contributed by atoms with Crippen LogP contribution in [0.3, 0.4) is 0 Å². The number of aryl methyl sites for hydroxylation is 1. The Bertz CT molecular complexity index is 605. The number of nitrogens with zero attached hydrogens (tertiary/aromatic N) is 2. The van der Waals surface area contributed by atoms with Crippen LogP contribution in [-0.2, 0) is 16.0 Å². The monoisotopic (exact) mass is 362 g/mol. The van der Waals surface area contributed by atoms with Gasteiger partial charge in [-0.25, -0.2) is 0 Å². The number of carboxylic acid groups (broad SMARTS) is 1. The third-order valence-corrected chi connectivity index (χ3v) is 4.92. The van der Waals surface area contributed by atoms with Crippen LogP contribution < -0.4 is 4.74 Å². The Morgan fingerprint density at radius 3 is 2.81 bits per heavy atom. The third-order valence-electron chi connectivity index (χ3n) is 4.92. The van der Waals surface area contributed by atoms with Gasteiger partial charge in [0.25, 0.3) is 0 Å². The van der Waals surface area contributed by atoms with Crippen LogP contribution in [0, 0.1) is 0 Å². The SMILES string of the molecule is CCc1cccc(OCCN2CCC[C@@H](N(CC(=O)O)C(C)=O)CC2)c1. The van der Waals surface area contributed by atoms with Crippen LogP contribution in [0.25, 0.3) is 0 Å². The minimum absolute atomic E-state index is 0.00996. The van der Waals surface area contributed by atoms with Crippen LogP contribution in [0.4, 0.5) is 0 Å². The first-order valence-corrected chi connectivity index (χ1v) is 9.42. The summed E-state index contributed by atoms with van der Waals surface area (Å²) in [6, 6.07) is 8.18. The molecule has 1 N–H and O–H groups in total. The lowest BCUT2D eigenvalue weighted by Crippen LogP contribution is -2.42. The Morgan fingerprint density at radius 1 is 1.31 bits per heavy atom. The molecule has 1 atom stereocenters. The maximum absolute atomic E-state index is 11.8. The van der Waals surface area contributed by atoms with Crippen molar-refractivity contribution in [2.45, 2.75) is 45.6 Å². The summed E-state index contributed by atoms with van der Waals surface area (Å²) in [5.74, 6) is -0.213. The van der Waals surface area contributed by atoms with Gasteiger partial charge in [-0.05, 0) is 49.9 Å². The first-order chi connectivity index (χ1) is 12.5. The van der Waals surface area contributed by atoms with E-state index in [0.717, 1.165) is 51.1 Å². The molecule has 0 aromatic heterocycles. The molecule has 1 aliphatic rings. The number of ether oxygens (including phenoxy) is 1. The third kappa shape index (κ3) is 6.33. The largest absolute Gasteiger partial charge is 0.492 e. The standard InChI is InChI=1S/C20H30N2O4/c1-3-17-6-4-8-19(14-17)26-13-12-21-10-5-7-18(9-11-21)22(16(2)23)15-20(24)25/h4,6,8,14,18H,3,5,7,9-13,15H2,1-2H3,(H,24,25)/t18-/m1/s1. The first-order valence-electron chi connectivity index (χ1n) is 9.42. The molecule has 1 amide bonds. The number of carbonyl (C=O) groups is 2. The van der Waals surface area contributed by atoms with Crippen LogP contribution in [0.15, 0.2) is 24.3 Å². The quantitative estimate of drug-likeness (QED) is 0.769. The van der Waals surface area contributed by atoms with Gasteiger partial charge < -0.3 is 14.7 Å². The number of amides is 1. The van der Waals surface area contributed by atoms with Crippen molar-refractivity contribution in [3.05, 3.63) is 29.8 Å². The number of benzene rings is 1. The Hall–Kier alpha value is -2.08. The second-order valence-electron chi connectivity index (χ2n) is 6.82. The summed E-state index contributed by atoms with van der Waals surface area (Å²) in [6.07, 6.45) is 3.61. The molecule has 6 heteroatoms. The van der Waals surface area contributed by atoms with Crippen molar-refractivity contribution in [2.75, 3.05) is 32.8 Å². The van der Waals surface area contributed by atoms with Crippen molar-refractivity contribution in [3.63, 3.8) is 0 Å². The molecule has 0 radical (unpaired) electrons. The fourth-order valence-corrected chi connectivity index (χ4v) is 3.46. The molecule has 1 aromatic rings. The Balaban J connectivity index is 1.80. The molecule has 0 spiro atoms. The minimum Gasteiger partial charge on any atom is -0.492 e. The Labute approximate surface area is 155 Å². The molecule has 0 saturated carbocycles. The highest BCUT2D eigenvalue weighted by molar-refractivity contribution is 5.79. The second-order valence-corrected chi connectivity index (χ2v) is 6.82. The lowest BCUT2D eigenvalue weighted by molar-refractivity contribution is -0.145. The molecule has 1 heterocycles. The average molecular weight is 362 g/mol. The number of aliphatic carboxylic acids is 1. The summed E-state index contributed by atoms with van der Waals surface area (Å²) >= 11 is 0. The van der Waals surface area contributed by atoms with Gasteiger partial charge in [0.2, 0.25) is 5.91 Å². The van der Waals surface area contributed by atoms with Crippen LogP contribution >= 0.6 is 0 Å². The van der Waals surface area contributed by atoms with Gasteiger partial charge >= 0.3 is 5.97 Å². The van der Waals surface area contributed by atoms with Crippen molar-refractivity contribution in [2.24, 2.45) is 0 Å². The van der Waals surface area contributed by atoms with E-state index in [1.165, 1.54) is 17.4 Å². The van der Waals surface area contributed by atoms with E-state index in [1.807, 2.05) is 12.1 Å². The summed E-state index contributed by atoms with van der Waals surface area (Å²) in [4.78, 5) is 26.6. The summed E-state index contributed by atoms with van der Waals surface area (Å²) in [6.45, 7) is 6.63. The van der Waals surface area contributed by atoms with Crippen LogP contribution in [-0.4, -0.2) is 65.6 Å². The zero-order chi connectivity index (χ0) is 18.9. The van der Waals surface area contributed by atoms with E-state index >= 15 is 0 Å². The van der Waals surface area contributed by atoms with Crippen molar-refractivity contribution < 1.29 is 19.4 Å². The van der Waals surface area contributed by atoms with Crippen LogP contribution in [0.5, 0.6) is 5.75 Å². The molecule has 144 valence electrons. The lowest BCUT2D eigenvalue weighted by Gasteiger charge is -2.29. The van der Waals surface area contributed by atoms with Gasteiger partial charge in [0.05, 0.1) is 0 Å². The maximum atomic E-state index is 11.8. The maximum Gasteiger partial charge on any atom is 0.323 e.